The topological polar surface area (TPSA) is 52.8 Å². The van der Waals surface area contributed by atoms with Crippen LogP contribution in [0.4, 0.5) is 0 Å². The summed E-state index contributed by atoms with van der Waals surface area (Å²) < 4.78 is 13.7. The fraction of sp³-hybridized carbons (Fsp3) is 0.200. The zero-order valence-corrected chi connectivity index (χ0v) is 15.6. The molecule has 0 saturated carbocycles. The lowest BCUT2D eigenvalue weighted by atomic mass is 10.2. The minimum Gasteiger partial charge on any atom is -0.497 e. The van der Waals surface area contributed by atoms with Crippen LogP contribution in [0.1, 0.15) is 17.3 Å². The minimum atomic E-state index is -0.288. The van der Waals surface area contributed by atoms with Gasteiger partial charge in [0.1, 0.15) is 11.5 Å². The number of hydrogen-bond donors (Lipinski definition) is 0. The zero-order valence-electron chi connectivity index (χ0n) is 14.8. The van der Waals surface area contributed by atoms with Gasteiger partial charge in [-0.2, -0.15) is 4.99 Å². The molecule has 0 unspecified atom stereocenters. The summed E-state index contributed by atoms with van der Waals surface area (Å²) in [5.74, 6) is 1.22. The average Bonchev–Trinajstić information content (AvgIpc) is 2.99. The van der Waals surface area contributed by atoms with Gasteiger partial charge in [-0.05, 0) is 49.4 Å². The van der Waals surface area contributed by atoms with E-state index in [1.807, 2.05) is 29.7 Å². The van der Waals surface area contributed by atoms with Crippen LogP contribution in [-0.2, 0) is 6.54 Å². The molecule has 0 N–H and O–H groups in total. The number of thiazole rings is 1. The Bertz CT molecular complexity index is 1000. The Balaban J connectivity index is 2.03. The van der Waals surface area contributed by atoms with E-state index in [0.717, 1.165) is 21.7 Å². The Morgan fingerprint density at radius 2 is 1.96 bits per heavy atom. The second-order valence-corrected chi connectivity index (χ2v) is 6.50. The van der Waals surface area contributed by atoms with E-state index in [-0.39, 0.29) is 5.91 Å². The van der Waals surface area contributed by atoms with Crippen LogP contribution in [0, 0.1) is 0 Å². The van der Waals surface area contributed by atoms with E-state index < -0.39 is 0 Å². The van der Waals surface area contributed by atoms with Crippen molar-refractivity contribution < 1.29 is 14.3 Å². The number of fused-ring (bicyclic) bond motifs is 1. The number of benzene rings is 2. The number of nitrogens with zero attached hydrogens (tertiary/aromatic N) is 2. The van der Waals surface area contributed by atoms with Gasteiger partial charge in [-0.1, -0.05) is 17.4 Å². The van der Waals surface area contributed by atoms with Crippen molar-refractivity contribution in [3.8, 4) is 11.5 Å². The van der Waals surface area contributed by atoms with Crippen molar-refractivity contribution >= 4 is 27.5 Å². The van der Waals surface area contributed by atoms with Gasteiger partial charge in [0.05, 0.1) is 23.9 Å². The SMILES string of the molecule is C=CCn1c(=NC(=O)c2ccc(OCC)cc2)sc2cc(OC)ccc21. The van der Waals surface area contributed by atoms with E-state index in [1.165, 1.54) is 11.3 Å². The molecule has 0 atom stereocenters. The lowest BCUT2D eigenvalue weighted by Crippen LogP contribution is -2.16. The summed E-state index contributed by atoms with van der Waals surface area (Å²) in [6.07, 6.45) is 1.79. The maximum Gasteiger partial charge on any atom is 0.279 e. The molecular weight excluding hydrogens is 348 g/mol. The van der Waals surface area contributed by atoms with Gasteiger partial charge in [-0.3, -0.25) is 4.79 Å². The number of hydrogen-bond acceptors (Lipinski definition) is 4. The van der Waals surface area contributed by atoms with Gasteiger partial charge in [0, 0.05) is 12.1 Å². The van der Waals surface area contributed by atoms with Crippen molar-refractivity contribution in [2.75, 3.05) is 13.7 Å². The van der Waals surface area contributed by atoms with Crippen LogP contribution in [0.15, 0.2) is 60.1 Å². The molecule has 26 heavy (non-hydrogen) atoms. The Kier molecular flexibility index (Phi) is 5.53. The third-order valence-corrected chi connectivity index (χ3v) is 4.85. The first kappa shape index (κ1) is 17.9. The van der Waals surface area contributed by atoms with E-state index in [4.69, 9.17) is 9.47 Å². The van der Waals surface area contributed by atoms with Gasteiger partial charge in [0.15, 0.2) is 4.80 Å². The highest BCUT2D eigenvalue weighted by atomic mass is 32.1. The smallest absolute Gasteiger partial charge is 0.279 e. The maximum absolute atomic E-state index is 12.6. The molecule has 1 amide bonds. The molecule has 134 valence electrons. The number of carbonyl (C=O) groups excluding carboxylic acids is 1. The van der Waals surface area contributed by atoms with Crippen LogP contribution >= 0.6 is 11.3 Å². The van der Waals surface area contributed by atoms with Crippen molar-refractivity contribution in [3.63, 3.8) is 0 Å². The van der Waals surface area contributed by atoms with E-state index in [2.05, 4.69) is 11.6 Å². The number of aromatic nitrogens is 1. The Hall–Kier alpha value is -2.86. The second kappa shape index (κ2) is 8.01. The number of carbonyl (C=O) groups is 1. The molecule has 0 fully saturated rings. The molecule has 0 aliphatic carbocycles. The molecule has 0 spiro atoms. The van der Waals surface area contributed by atoms with E-state index in [9.17, 15) is 4.79 Å². The number of rotatable bonds is 6. The van der Waals surface area contributed by atoms with Crippen LogP contribution in [0.2, 0.25) is 0 Å². The van der Waals surface area contributed by atoms with E-state index in [0.29, 0.717) is 23.5 Å². The molecule has 2 aromatic carbocycles. The van der Waals surface area contributed by atoms with Gasteiger partial charge >= 0.3 is 0 Å². The van der Waals surface area contributed by atoms with Gasteiger partial charge in [-0.25, -0.2) is 0 Å². The molecular formula is C20H20N2O3S. The molecule has 0 radical (unpaired) electrons. The van der Waals surface area contributed by atoms with Crippen molar-refractivity contribution in [2.24, 2.45) is 4.99 Å². The summed E-state index contributed by atoms with van der Waals surface area (Å²) in [7, 11) is 1.63. The third-order valence-electron chi connectivity index (χ3n) is 3.81. The van der Waals surface area contributed by atoms with Gasteiger partial charge in [-0.15, -0.1) is 6.58 Å². The Labute approximate surface area is 155 Å². The first-order valence-electron chi connectivity index (χ1n) is 8.26. The normalized spacial score (nSPS) is 11.5. The van der Waals surface area contributed by atoms with Crippen LogP contribution in [-0.4, -0.2) is 24.2 Å². The largest absolute Gasteiger partial charge is 0.497 e. The summed E-state index contributed by atoms with van der Waals surface area (Å²) in [5.41, 5.74) is 1.52. The molecule has 3 aromatic rings. The van der Waals surface area contributed by atoms with E-state index in [1.54, 1.807) is 37.5 Å². The van der Waals surface area contributed by atoms with Crippen molar-refractivity contribution in [3.05, 3.63) is 65.5 Å². The lowest BCUT2D eigenvalue weighted by molar-refractivity contribution is 0.0998. The fourth-order valence-electron chi connectivity index (χ4n) is 2.58. The summed E-state index contributed by atoms with van der Waals surface area (Å²) >= 11 is 1.45. The molecule has 0 saturated heterocycles. The number of methoxy groups -OCH3 is 1. The number of amides is 1. The molecule has 0 bridgehead atoms. The second-order valence-electron chi connectivity index (χ2n) is 5.49. The number of allylic oxidation sites excluding steroid dienone is 1. The molecule has 0 aliphatic heterocycles. The molecule has 1 aromatic heterocycles. The standard InChI is InChI=1S/C20H20N2O3S/c1-4-12-22-17-11-10-16(24-3)13-18(17)26-20(22)21-19(23)14-6-8-15(9-7-14)25-5-2/h4,6-11,13H,1,5,12H2,2-3H3. The quantitative estimate of drug-likeness (QED) is 0.617. The average molecular weight is 368 g/mol. The highest BCUT2D eigenvalue weighted by Crippen LogP contribution is 2.23. The first-order valence-corrected chi connectivity index (χ1v) is 9.08. The van der Waals surface area contributed by atoms with Gasteiger partial charge in [0.2, 0.25) is 0 Å². The fourth-order valence-corrected chi connectivity index (χ4v) is 3.65. The Morgan fingerprint density at radius 1 is 1.23 bits per heavy atom. The van der Waals surface area contributed by atoms with Crippen LogP contribution in [0.5, 0.6) is 11.5 Å². The highest BCUT2D eigenvalue weighted by molar-refractivity contribution is 7.16. The lowest BCUT2D eigenvalue weighted by Gasteiger charge is -2.03. The summed E-state index contributed by atoms with van der Waals surface area (Å²) in [6.45, 7) is 6.88. The number of ether oxygens (including phenoxy) is 2. The first-order chi connectivity index (χ1) is 12.7. The van der Waals surface area contributed by atoms with E-state index >= 15 is 0 Å². The molecule has 3 rings (SSSR count). The van der Waals surface area contributed by atoms with Crippen molar-refractivity contribution in [2.45, 2.75) is 13.5 Å². The summed E-state index contributed by atoms with van der Waals surface area (Å²) in [4.78, 5) is 17.5. The summed E-state index contributed by atoms with van der Waals surface area (Å²) in [5, 5.41) is 0. The molecule has 5 nitrogen and oxygen atoms in total. The Morgan fingerprint density at radius 3 is 2.62 bits per heavy atom. The molecule has 1 heterocycles. The van der Waals surface area contributed by atoms with Crippen molar-refractivity contribution in [1.29, 1.82) is 0 Å². The monoisotopic (exact) mass is 368 g/mol. The maximum atomic E-state index is 12.6. The molecule has 0 aliphatic rings. The van der Waals surface area contributed by atoms with Crippen LogP contribution < -0.4 is 14.3 Å². The summed E-state index contributed by atoms with van der Waals surface area (Å²) in [6, 6.07) is 12.8. The van der Waals surface area contributed by atoms with Crippen LogP contribution in [0.3, 0.4) is 0 Å². The minimum absolute atomic E-state index is 0.288. The van der Waals surface area contributed by atoms with Gasteiger partial charge in [0.25, 0.3) is 5.91 Å². The third kappa shape index (κ3) is 3.70. The highest BCUT2D eigenvalue weighted by Gasteiger charge is 2.10. The zero-order chi connectivity index (χ0) is 18.5. The molecule has 6 heteroatoms. The predicted molar refractivity (Wildman–Crippen MR) is 104 cm³/mol. The van der Waals surface area contributed by atoms with Gasteiger partial charge < -0.3 is 14.0 Å². The van der Waals surface area contributed by atoms with Crippen molar-refractivity contribution in [1.82, 2.24) is 4.57 Å². The van der Waals surface area contributed by atoms with Crippen LogP contribution in [0.25, 0.3) is 10.2 Å². The predicted octanol–water partition coefficient (Wildman–Crippen LogP) is 4.04.